The van der Waals surface area contributed by atoms with Gasteiger partial charge in [-0.1, -0.05) is 6.92 Å². The number of aliphatic hydroxyl groups is 1. The van der Waals surface area contributed by atoms with Crippen LogP contribution in [0, 0.1) is 5.92 Å². The second-order valence-corrected chi connectivity index (χ2v) is 10.1. The van der Waals surface area contributed by atoms with Gasteiger partial charge in [0.25, 0.3) is 0 Å². The molecule has 0 saturated carbocycles. The van der Waals surface area contributed by atoms with Crippen LogP contribution in [0.4, 0.5) is 16.2 Å². The van der Waals surface area contributed by atoms with E-state index in [4.69, 9.17) is 4.74 Å². The first-order valence-corrected chi connectivity index (χ1v) is 13.1. The van der Waals surface area contributed by atoms with Crippen LogP contribution in [-0.2, 0) is 17.8 Å². The number of aliphatic hydroxyl groups excluding tert-OH is 1. The van der Waals surface area contributed by atoms with E-state index >= 15 is 0 Å². The number of aromatic nitrogens is 2. The van der Waals surface area contributed by atoms with Crippen LogP contribution in [0.25, 0.3) is 0 Å². The van der Waals surface area contributed by atoms with Gasteiger partial charge in [-0.15, -0.1) is 0 Å². The Hall–Kier alpha value is -4.02. The second kappa shape index (κ2) is 13.2. The number of amides is 3. The fourth-order valence-corrected chi connectivity index (χ4v) is 4.63. The van der Waals surface area contributed by atoms with Gasteiger partial charge in [-0.3, -0.25) is 19.7 Å². The largest absolute Gasteiger partial charge is 0.488 e. The fraction of sp³-hybridized carbons (Fsp3) is 0.379. The number of rotatable bonds is 8. The molecule has 3 heterocycles. The highest BCUT2D eigenvalue weighted by molar-refractivity contribution is 5.99. The average Bonchev–Trinajstić information content (AvgIpc) is 2.97. The zero-order chi connectivity index (χ0) is 27.8. The van der Waals surface area contributed by atoms with Crippen LogP contribution in [0.5, 0.6) is 5.75 Å². The van der Waals surface area contributed by atoms with Gasteiger partial charge in [0.2, 0.25) is 5.91 Å². The molecule has 4 rings (SSSR count). The van der Waals surface area contributed by atoms with Crippen LogP contribution in [-0.4, -0.2) is 75.7 Å². The molecule has 1 unspecified atom stereocenters. The fourth-order valence-electron chi connectivity index (χ4n) is 4.63. The van der Waals surface area contributed by atoms with E-state index in [-0.39, 0.29) is 37.0 Å². The number of likely N-dealkylation sites (N-methyl/N-ethyl adjacent to an activating group) is 1. The standard InChI is InChI=1S/C29H36N6O4/c1-20-16-35(21(2)19-36)28(37)14-23-13-24(32-29(38)33-25-5-4-10-31-15-25)6-7-26(23)39-27(20)18-34(3)17-22-8-11-30-12-9-22/h4-13,15,20-21,27,36H,14,16-19H2,1-3H3,(H2,32,33,38)/t20-,21?,27+/m1/s1. The quantitative estimate of drug-likeness (QED) is 0.407. The Kier molecular flexibility index (Phi) is 9.45. The lowest BCUT2D eigenvalue weighted by Gasteiger charge is -2.34. The molecule has 10 heteroatoms. The summed E-state index contributed by atoms with van der Waals surface area (Å²) < 4.78 is 6.57. The van der Waals surface area contributed by atoms with E-state index in [0.29, 0.717) is 35.8 Å². The molecular formula is C29H36N6O4. The van der Waals surface area contributed by atoms with E-state index in [1.54, 1.807) is 60.0 Å². The number of hydrogen-bond donors (Lipinski definition) is 3. The van der Waals surface area contributed by atoms with E-state index < -0.39 is 6.03 Å². The molecule has 3 atom stereocenters. The summed E-state index contributed by atoms with van der Waals surface area (Å²) in [6.07, 6.45) is 6.61. The average molecular weight is 533 g/mol. The molecule has 1 aliphatic rings. The van der Waals surface area contributed by atoms with Crippen LogP contribution in [0.15, 0.2) is 67.3 Å². The molecule has 0 spiro atoms. The molecular weight excluding hydrogens is 496 g/mol. The maximum Gasteiger partial charge on any atom is 0.323 e. The third-order valence-electron chi connectivity index (χ3n) is 6.79. The van der Waals surface area contributed by atoms with Crippen molar-refractivity contribution >= 4 is 23.3 Å². The maximum absolute atomic E-state index is 13.4. The molecule has 0 aliphatic carbocycles. The van der Waals surface area contributed by atoms with Crippen molar-refractivity contribution in [2.45, 2.75) is 39.0 Å². The van der Waals surface area contributed by atoms with Crippen LogP contribution < -0.4 is 15.4 Å². The number of urea groups is 1. The number of carbonyl (C=O) groups excluding carboxylic acids is 2. The van der Waals surface area contributed by atoms with Crippen LogP contribution >= 0.6 is 0 Å². The lowest BCUT2D eigenvalue weighted by molar-refractivity contribution is -0.134. The van der Waals surface area contributed by atoms with Gasteiger partial charge < -0.3 is 25.4 Å². The summed E-state index contributed by atoms with van der Waals surface area (Å²) in [7, 11) is 2.04. The van der Waals surface area contributed by atoms with Gasteiger partial charge in [0.15, 0.2) is 0 Å². The zero-order valence-corrected chi connectivity index (χ0v) is 22.6. The topological polar surface area (TPSA) is 120 Å². The van der Waals surface area contributed by atoms with Gasteiger partial charge >= 0.3 is 6.03 Å². The van der Waals surface area contributed by atoms with Crippen molar-refractivity contribution in [1.82, 2.24) is 19.8 Å². The van der Waals surface area contributed by atoms with E-state index in [0.717, 1.165) is 12.1 Å². The minimum absolute atomic E-state index is 0.00292. The van der Waals surface area contributed by atoms with Crippen molar-refractivity contribution in [2.24, 2.45) is 5.92 Å². The molecule has 1 aromatic carbocycles. The van der Waals surface area contributed by atoms with E-state index in [9.17, 15) is 14.7 Å². The van der Waals surface area contributed by atoms with Crippen LogP contribution in [0.3, 0.4) is 0 Å². The Morgan fingerprint density at radius 2 is 1.92 bits per heavy atom. The minimum Gasteiger partial charge on any atom is -0.488 e. The monoisotopic (exact) mass is 532 g/mol. The number of nitrogens with zero attached hydrogens (tertiary/aromatic N) is 4. The molecule has 2 aromatic heterocycles. The van der Waals surface area contributed by atoms with Gasteiger partial charge in [0.05, 0.1) is 31.0 Å². The Bertz CT molecular complexity index is 1240. The lowest BCUT2D eigenvalue weighted by atomic mass is 10.0. The van der Waals surface area contributed by atoms with Crippen LogP contribution in [0.1, 0.15) is 25.0 Å². The van der Waals surface area contributed by atoms with Gasteiger partial charge in [-0.05, 0) is 62.0 Å². The highest BCUT2D eigenvalue weighted by Gasteiger charge is 2.31. The van der Waals surface area contributed by atoms with Crippen molar-refractivity contribution in [1.29, 1.82) is 0 Å². The minimum atomic E-state index is -0.418. The predicted octanol–water partition coefficient (Wildman–Crippen LogP) is 3.40. The molecule has 3 aromatic rings. The first kappa shape index (κ1) is 28.0. The molecule has 0 fully saturated rings. The molecule has 1 aliphatic heterocycles. The number of carbonyl (C=O) groups is 2. The van der Waals surface area contributed by atoms with Gasteiger partial charge in [-0.25, -0.2) is 4.79 Å². The first-order valence-electron chi connectivity index (χ1n) is 13.1. The molecule has 3 amide bonds. The summed E-state index contributed by atoms with van der Waals surface area (Å²) in [5, 5.41) is 15.4. The van der Waals surface area contributed by atoms with Crippen molar-refractivity contribution in [3.8, 4) is 5.75 Å². The maximum atomic E-state index is 13.4. The number of benzene rings is 1. The van der Waals surface area contributed by atoms with E-state index in [1.807, 2.05) is 26.1 Å². The number of ether oxygens (including phenoxy) is 1. The lowest BCUT2D eigenvalue weighted by Crippen LogP contribution is -2.47. The van der Waals surface area contributed by atoms with Crippen molar-refractivity contribution in [3.05, 3.63) is 78.4 Å². The molecule has 0 bridgehead atoms. The highest BCUT2D eigenvalue weighted by Crippen LogP contribution is 2.29. The SMILES string of the molecule is CC(CO)N1C[C@@H](C)[C@H](CN(C)Cc2ccncc2)Oc2ccc(NC(=O)Nc3cccnc3)cc2CC1=O. The highest BCUT2D eigenvalue weighted by atomic mass is 16.5. The summed E-state index contributed by atoms with van der Waals surface area (Å²) in [5.74, 6) is 0.502. The molecule has 0 saturated heterocycles. The summed E-state index contributed by atoms with van der Waals surface area (Å²) >= 11 is 0. The van der Waals surface area contributed by atoms with Gasteiger partial charge in [-0.2, -0.15) is 0 Å². The number of anilines is 2. The summed E-state index contributed by atoms with van der Waals surface area (Å²) in [4.78, 5) is 38.0. The van der Waals surface area contributed by atoms with Crippen molar-refractivity contribution in [2.75, 3.05) is 37.4 Å². The number of nitrogens with one attached hydrogen (secondary N) is 2. The predicted molar refractivity (Wildman–Crippen MR) is 149 cm³/mol. The molecule has 0 radical (unpaired) electrons. The zero-order valence-electron chi connectivity index (χ0n) is 22.6. The number of hydrogen-bond acceptors (Lipinski definition) is 7. The smallest absolute Gasteiger partial charge is 0.323 e. The number of pyridine rings is 2. The summed E-state index contributed by atoms with van der Waals surface area (Å²) in [5.41, 5.74) is 2.92. The van der Waals surface area contributed by atoms with Crippen molar-refractivity contribution < 1.29 is 19.4 Å². The second-order valence-electron chi connectivity index (χ2n) is 10.1. The van der Waals surface area contributed by atoms with Crippen LogP contribution in [0.2, 0.25) is 0 Å². The number of fused-ring (bicyclic) bond motifs is 1. The van der Waals surface area contributed by atoms with E-state index in [1.165, 1.54) is 0 Å². The van der Waals surface area contributed by atoms with Gasteiger partial charge in [0.1, 0.15) is 11.9 Å². The van der Waals surface area contributed by atoms with Gasteiger partial charge in [0, 0.05) is 55.4 Å². The summed E-state index contributed by atoms with van der Waals surface area (Å²) in [6.45, 7) is 5.60. The van der Waals surface area contributed by atoms with E-state index in [2.05, 4.69) is 32.4 Å². The molecule has 39 heavy (non-hydrogen) atoms. The third-order valence-corrected chi connectivity index (χ3v) is 6.79. The Labute approximate surface area is 229 Å². The molecule has 10 nitrogen and oxygen atoms in total. The third kappa shape index (κ3) is 7.75. The normalized spacial score (nSPS) is 18.3. The Balaban J connectivity index is 1.56. The summed E-state index contributed by atoms with van der Waals surface area (Å²) in [6, 6.07) is 12.0. The molecule has 206 valence electrons. The first-order chi connectivity index (χ1) is 18.8. The molecule has 3 N–H and O–H groups in total. The Morgan fingerprint density at radius 1 is 1.15 bits per heavy atom. The van der Waals surface area contributed by atoms with Crippen molar-refractivity contribution in [3.63, 3.8) is 0 Å². The Morgan fingerprint density at radius 3 is 2.64 bits per heavy atom.